The number of alkyl halides is 1. The molecule has 1 heterocycles. The van der Waals surface area contributed by atoms with Crippen LogP contribution in [0.15, 0.2) is 65.5 Å². The third kappa shape index (κ3) is 4.60. The van der Waals surface area contributed by atoms with Crippen molar-refractivity contribution >= 4 is 51.5 Å². The molecule has 0 saturated heterocycles. The highest BCUT2D eigenvalue weighted by Gasteiger charge is 2.42. The number of ether oxygens (including phenoxy) is 2. The lowest BCUT2D eigenvalue weighted by Gasteiger charge is -2.36. The monoisotopic (exact) mass is 548 g/mol. The van der Waals surface area contributed by atoms with Gasteiger partial charge in [-0.3, -0.25) is 4.79 Å². The molecule has 9 heteroatoms. The highest BCUT2D eigenvalue weighted by molar-refractivity contribution is 6.40. The molecular weight excluding hydrogens is 523 g/mol. The minimum Gasteiger partial charge on any atom is -0.495 e. The van der Waals surface area contributed by atoms with Crippen LogP contribution in [0.25, 0.3) is 16.5 Å². The van der Waals surface area contributed by atoms with E-state index < -0.39 is 16.9 Å². The lowest BCUT2D eigenvalue weighted by Crippen LogP contribution is -2.39. The predicted octanol–water partition coefficient (Wildman–Crippen LogP) is 4.96. The number of benzene rings is 2. The van der Waals surface area contributed by atoms with Crippen molar-refractivity contribution in [1.29, 1.82) is 0 Å². The standard InChI is InChI=1S/C29H26Cl2N4O3/c1-5-24(36)33-21-13-16-8-6-7-9-19(16)27(21)35-28-32-15-18-12-17(10-11-20(18)34-28)25-26(30)22(37-3)14-23(38-4)29(25,2)31/h1,6-12,14-15,21,23,27H,13H2,2-4H3,(H,33,36)(H,32,34,35)/t21-,23?,27+,29?/m0/s1. The van der Waals surface area contributed by atoms with Crippen LogP contribution in [0.1, 0.15) is 29.7 Å². The van der Waals surface area contributed by atoms with Crippen LogP contribution in [-0.2, 0) is 20.7 Å². The van der Waals surface area contributed by atoms with E-state index in [1.54, 1.807) is 26.5 Å². The molecule has 2 aliphatic rings. The summed E-state index contributed by atoms with van der Waals surface area (Å²) in [5, 5.41) is 7.54. The summed E-state index contributed by atoms with van der Waals surface area (Å²) >= 11 is 13.7. The van der Waals surface area contributed by atoms with Gasteiger partial charge in [-0.1, -0.05) is 41.9 Å². The Labute approximate surface area is 231 Å². The molecule has 2 aliphatic carbocycles. The van der Waals surface area contributed by atoms with E-state index in [1.165, 1.54) is 0 Å². The first-order valence-electron chi connectivity index (χ1n) is 12.0. The van der Waals surface area contributed by atoms with Crippen molar-refractivity contribution in [3.8, 4) is 12.3 Å². The average molecular weight is 549 g/mol. The van der Waals surface area contributed by atoms with E-state index >= 15 is 0 Å². The molecule has 3 aromatic rings. The van der Waals surface area contributed by atoms with E-state index in [9.17, 15) is 4.79 Å². The molecular formula is C29H26Cl2N4O3. The molecule has 4 atom stereocenters. The number of halogens is 2. The van der Waals surface area contributed by atoms with E-state index in [1.807, 2.05) is 49.4 Å². The molecule has 194 valence electrons. The van der Waals surface area contributed by atoms with Crippen LogP contribution in [-0.4, -0.2) is 47.1 Å². The highest BCUT2D eigenvalue weighted by atomic mass is 35.5. The van der Waals surface area contributed by atoms with Gasteiger partial charge in [0, 0.05) is 24.3 Å². The minimum absolute atomic E-state index is 0.226. The summed E-state index contributed by atoms with van der Waals surface area (Å²) in [6, 6.07) is 13.3. The van der Waals surface area contributed by atoms with Gasteiger partial charge in [0.15, 0.2) is 0 Å². The van der Waals surface area contributed by atoms with E-state index in [0.717, 1.165) is 27.6 Å². The quantitative estimate of drug-likeness (QED) is 0.334. The topological polar surface area (TPSA) is 85.4 Å². The van der Waals surface area contributed by atoms with Crippen LogP contribution in [0.3, 0.4) is 0 Å². The van der Waals surface area contributed by atoms with Gasteiger partial charge in [-0.15, -0.1) is 18.0 Å². The molecule has 0 bridgehead atoms. The molecule has 2 aromatic carbocycles. The zero-order valence-corrected chi connectivity index (χ0v) is 22.6. The van der Waals surface area contributed by atoms with Crippen molar-refractivity contribution in [2.75, 3.05) is 19.5 Å². The Morgan fingerprint density at radius 3 is 2.76 bits per heavy atom. The van der Waals surface area contributed by atoms with E-state index in [4.69, 9.17) is 44.1 Å². The number of carbonyl (C=O) groups is 1. The van der Waals surface area contributed by atoms with Crippen molar-refractivity contribution < 1.29 is 14.3 Å². The van der Waals surface area contributed by atoms with E-state index in [0.29, 0.717) is 28.7 Å². The fourth-order valence-electron chi connectivity index (χ4n) is 5.22. The second-order valence-corrected chi connectivity index (χ2v) is 10.5. The fourth-order valence-corrected chi connectivity index (χ4v) is 6.07. The molecule has 0 aliphatic heterocycles. The van der Waals surface area contributed by atoms with Gasteiger partial charge in [-0.05, 0) is 54.2 Å². The van der Waals surface area contributed by atoms with Crippen molar-refractivity contribution in [2.24, 2.45) is 0 Å². The molecule has 0 spiro atoms. The molecule has 0 saturated carbocycles. The number of amides is 1. The molecule has 5 rings (SSSR count). The minimum atomic E-state index is -0.919. The number of anilines is 1. The lowest BCUT2D eigenvalue weighted by molar-refractivity contribution is -0.116. The molecule has 2 unspecified atom stereocenters. The highest BCUT2D eigenvalue weighted by Crippen LogP contribution is 2.47. The second-order valence-electron chi connectivity index (χ2n) is 9.37. The van der Waals surface area contributed by atoms with Gasteiger partial charge >= 0.3 is 0 Å². The third-order valence-electron chi connectivity index (χ3n) is 7.07. The van der Waals surface area contributed by atoms with Crippen molar-refractivity contribution in [3.05, 3.63) is 82.2 Å². The SMILES string of the molecule is C#CC(=O)N[C@H]1Cc2ccccc2[C@H]1Nc1ncc2cc(C3=C(Cl)C(OC)=CC(OC)C3(C)Cl)ccc2n1. The number of aromatic nitrogens is 2. The maximum Gasteiger partial charge on any atom is 0.295 e. The Balaban J connectivity index is 1.48. The zero-order chi connectivity index (χ0) is 27.0. The normalized spacial score (nSPS) is 24.4. The molecule has 1 amide bonds. The van der Waals surface area contributed by atoms with Crippen molar-refractivity contribution in [2.45, 2.75) is 36.4 Å². The van der Waals surface area contributed by atoms with Gasteiger partial charge in [0.1, 0.15) is 11.9 Å². The first kappa shape index (κ1) is 26.1. The first-order chi connectivity index (χ1) is 18.3. The van der Waals surface area contributed by atoms with Crippen molar-refractivity contribution in [3.63, 3.8) is 0 Å². The number of fused-ring (bicyclic) bond motifs is 2. The molecule has 1 aromatic heterocycles. The van der Waals surface area contributed by atoms with Crippen LogP contribution in [0.2, 0.25) is 0 Å². The van der Waals surface area contributed by atoms with Gasteiger partial charge in [0.25, 0.3) is 5.91 Å². The Kier molecular flexibility index (Phi) is 7.06. The van der Waals surface area contributed by atoms with Crippen LogP contribution in [0, 0.1) is 12.3 Å². The Bertz CT molecular complexity index is 1530. The molecule has 0 radical (unpaired) electrons. The number of nitrogens with zero attached hydrogens (tertiary/aromatic N) is 2. The number of methoxy groups -OCH3 is 2. The summed E-state index contributed by atoms with van der Waals surface area (Å²) in [5.41, 5.74) is 4.46. The van der Waals surface area contributed by atoms with E-state index in [-0.39, 0.29) is 12.1 Å². The molecule has 38 heavy (non-hydrogen) atoms. The number of rotatable bonds is 6. The summed E-state index contributed by atoms with van der Waals surface area (Å²) in [4.78, 5) is 20.3. The average Bonchev–Trinajstić information content (AvgIpc) is 3.25. The lowest BCUT2D eigenvalue weighted by atomic mass is 9.84. The third-order valence-corrected chi connectivity index (χ3v) is 7.85. The number of hydrogen-bond acceptors (Lipinski definition) is 6. The van der Waals surface area contributed by atoms with Crippen LogP contribution in [0.4, 0.5) is 5.95 Å². The van der Waals surface area contributed by atoms with Crippen LogP contribution >= 0.6 is 23.2 Å². The molecule has 7 nitrogen and oxygen atoms in total. The van der Waals surface area contributed by atoms with Crippen LogP contribution < -0.4 is 10.6 Å². The first-order valence-corrected chi connectivity index (χ1v) is 12.8. The van der Waals surface area contributed by atoms with Gasteiger partial charge in [-0.2, -0.15) is 0 Å². The summed E-state index contributed by atoms with van der Waals surface area (Å²) in [5.74, 6) is 2.62. The summed E-state index contributed by atoms with van der Waals surface area (Å²) in [6.07, 6.45) is 9.04. The van der Waals surface area contributed by atoms with Gasteiger partial charge in [0.05, 0.1) is 34.6 Å². The van der Waals surface area contributed by atoms with Gasteiger partial charge in [-0.25, -0.2) is 9.97 Å². The molecule has 0 fully saturated rings. The Morgan fingerprint density at radius 2 is 2.03 bits per heavy atom. The largest absolute Gasteiger partial charge is 0.495 e. The number of carbonyl (C=O) groups excluding carboxylic acids is 1. The summed E-state index contributed by atoms with van der Waals surface area (Å²) in [6.45, 7) is 1.87. The second kappa shape index (κ2) is 10.3. The number of hydrogen-bond donors (Lipinski definition) is 2. The predicted molar refractivity (Wildman–Crippen MR) is 150 cm³/mol. The Morgan fingerprint density at radius 1 is 1.24 bits per heavy atom. The number of terminal acetylenes is 1. The van der Waals surface area contributed by atoms with Gasteiger partial charge in [0.2, 0.25) is 5.95 Å². The fraction of sp³-hybridized carbons (Fsp3) is 0.276. The number of allylic oxidation sites excluding steroid dienone is 1. The van der Waals surface area contributed by atoms with Gasteiger partial charge < -0.3 is 20.1 Å². The van der Waals surface area contributed by atoms with E-state index in [2.05, 4.69) is 21.5 Å². The summed E-state index contributed by atoms with van der Waals surface area (Å²) < 4.78 is 11.1. The molecule has 2 N–H and O–H groups in total. The Hall–Kier alpha value is -3.57. The zero-order valence-electron chi connectivity index (χ0n) is 21.1. The van der Waals surface area contributed by atoms with Crippen LogP contribution in [0.5, 0.6) is 0 Å². The number of nitrogens with one attached hydrogen (secondary N) is 2. The maximum atomic E-state index is 12.0. The summed E-state index contributed by atoms with van der Waals surface area (Å²) in [7, 11) is 3.16. The maximum absolute atomic E-state index is 12.0. The van der Waals surface area contributed by atoms with Crippen molar-refractivity contribution in [1.82, 2.24) is 15.3 Å². The smallest absolute Gasteiger partial charge is 0.295 e.